The molecule has 4 heterocycles. The van der Waals surface area contributed by atoms with Gasteiger partial charge in [0.05, 0.1) is 5.92 Å². The fourth-order valence-corrected chi connectivity index (χ4v) is 4.04. The van der Waals surface area contributed by atoms with Gasteiger partial charge in [0.1, 0.15) is 12.1 Å². The molecule has 1 saturated heterocycles. The van der Waals surface area contributed by atoms with Crippen molar-refractivity contribution in [1.29, 1.82) is 0 Å². The number of hydrogen-bond acceptors (Lipinski definition) is 5. The Morgan fingerprint density at radius 2 is 2.00 bits per heavy atom. The number of amides is 1. The molecule has 0 N–H and O–H groups in total. The lowest BCUT2D eigenvalue weighted by molar-refractivity contribution is -0.123. The lowest BCUT2D eigenvalue weighted by atomic mass is 9.94. The third-order valence-corrected chi connectivity index (χ3v) is 5.55. The fourth-order valence-electron chi connectivity index (χ4n) is 4.04. The van der Waals surface area contributed by atoms with Gasteiger partial charge in [-0.15, -0.1) is 0 Å². The molecule has 2 aromatic heterocycles. The van der Waals surface area contributed by atoms with Gasteiger partial charge >= 0.3 is 0 Å². The summed E-state index contributed by atoms with van der Waals surface area (Å²) in [6.07, 6.45) is 7.19. The van der Waals surface area contributed by atoms with Crippen molar-refractivity contribution >= 4 is 17.4 Å². The Kier molecular flexibility index (Phi) is 4.07. The van der Waals surface area contributed by atoms with Crippen LogP contribution in [-0.2, 0) is 11.2 Å². The second kappa shape index (κ2) is 6.74. The Hall–Kier alpha value is -3.22. The number of aromatic nitrogens is 4. The summed E-state index contributed by atoms with van der Waals surface area (Å²) in [6.45, 7) is 4.28. The molecular formula is C21H22N6O. The molecule has 0 saturated carbocycles. The molecule has 7 nitrogen and oxygen atoms in total. The molecule has 0 aliphatic carbocycles. The number of benzene rings is 1. The van der Waals surface area contributed by atoms with E-state index in [-0.39, 0.29) is 11.8 Å². The number of nitrogens with zero attached hydrogens (tertiary/aromatic N) is 6. The predicted octanol–water partition coefficient (Wildman–Crippen LogP) is 2.39. The van der Waals surface area contributed by atoms with Crippen LogP contribution in [0.2, 0.25) is 0 Å². The molecular weight excluding hydrogens is 352 g/mol. The maximum Gasteiger partial charge on any atom is 0.233 e. The van der Waals surface area contributed by atoms with Crippen molar-refractivity contribution in [3.8, 4) is 5.82 Å². The molecule has 2 aliphatic rings. The molecule has 1 fully saturated rings. The van der Waals surface area contributed by atoms with Crippen LogP contribution in [0, 0.1) is 12.8 Å². The van der Waals surface area contributed by atoms with Crippen molar-refractivity contribution in [3.05, 3.63) is 60.2 Å². The molecule has 5 rings (SSSR count). The van der Waals surface area contributed by atoms with E-state index in [1.807, 2.05) is 23.2 Å². The summed E-state index contributed by atoms with van der Waals surface area (Å²) in [5, 5.41) is 4.21. The van der Waals surface area contributed by atoms with E-state index < -0.39 is 0 Å². The second-order valence-electron chi connectivity index (χ2n) is 7.51. The Balaban J connectivity index is 1.29. The van der Waals surface area contributed by atoms with Crippen molar-refractivity contribution < 1.29 is 4.79 Å². The number of carbonyl (C=O) groups excluding carboxylic acids is 1. The Bertz CT molecular complexity index is 1010. The van der Waals surface area contributed by atoms with Crippen molar-refractivity contribution in [3.63, 3.8) is 0 Å². The summed E-state index contributed by atoms with van der Waals surface area (Å²) in [5.74, 6) is 1.79. The highest BCUT2D eigenvalue weighted by molar-refractivity contribution is 5.97. The normalized spacial score (nSPS) is 16.6. The number of carbonyl (C=O) groups is 1. The summed E-state index contributed by atoms with van der Waals surface area (Å²) < 4.78 is 1.71. The van der Waals surface area contributed by atoms with Crippen molar-refractivity contribution in [2.75, 3.05) is 29.4 Å². The topological polar surface area (TPSA) is 67.2 Å². The first-order chi connectivity index (χ1) is 13.7. The van der Waals surface area contributed by atoms with E-state index in [9.17, 15) is 4.79 Å². The zero-order valence-corrected chi connectivity index (χ0v) is 15.8. The number of anilines is 2. The van der Waals surface area contributed by atoms with E-state index in [1.165, 1.54) is 11.1 Å². The van der Waals surface area contributed by atoms with Gasteiger partial charge in [-0.2, -0.15) is 5.10 Å². The molecule has 0 atom stereocenters. The Labute approximate surface area is 163 Å². The van der Waals surface area contributed by atoms with E-state index in [1.54, 1.807) is 17.2 Å². The van der Waals surface area contributed by atoms with Gasteiger partial charge in [0.25, 0.3) is 0 Å². The van der Waals surface area contributed by atoms with Gasteiger partial charge in [-0.1, -0.05) is 17.7 Å². The van der Waals surface area contributed by atoms with Gasteiger partial charge in [0, 0.05) is 43.8 Å². The van der Waals surface area contributed by atoms with Crippen LogP contribution in [0.3, 0.4) is 0 Å². The first-order valence-electron chi connectivity index (χ1n) is 9.67. The van der Waals surface area contributed by atoms with Crippen LogP contribution in [0.4, 0.5) is 11.5 Å². The van der Waals surface area contributed by atoms with E-state index in [0.29, 0.717) is 13.1 Å². The zero-order chi connectivity index (χ0) is 19.1. The first kappa shape index (κ1) is 16.9. The van der Waals surface area contributed by atoms with Gasteiger partial charge in [-0.3, -0.25) is 4.79 Å². The lowest BCUT2D eigenvalue weighted by Gasteiger charge is -2.42. The van der Waals surface area contributed by atoms with Gasteiger partial charge in [0.15, 0.2) is 5.82 Å². The molecule has 1 aromatic carbocycles. The molecule has 0 bridgehead atoms. The minimum absolute atomic E-state index is 0.00960. The quantitative estimate of drug-likeness (QED) is 0.704. The van der Waals surface area contributed by atoms with Crippen LogP contribution in [0.25, 0.3) is 5.82 Å². The number of hydrogen-bond donors (Lipinski definition) is 0. The van der Waals surface area contributed by atoms with E-state index in [4.69, 9.17) is 0 Å². The maximum atomic E-state index is 13.1. The Morgan fingerprint density at radius 3 is 2.82 bits per heavy atom. The third kappa shape index (κ3) is 2.93. The summed E-state index contributed by atoms with van der Waals surface area (Å²) >= 11 is 0. The molecule has 142 valence electrons. The minimum Gasteiger partial charge on any atom is -0.355 e. The minimum atomic E-state index is 0.00960. The van der Waals surface area contributed by atoms with Crippen LogP contribution in [0.15, 0.2) is 49.1 Å². The van der Waals surface area contributed by atoms with Crippen LogP contribution < -0.4 is 9.80 Å². The molecule has 2 aliphatic heterocycles. The van der Waals surface area contributed by atoms with Crippen molar-refractivity contribution in [1.82, 2.24) is 19.7 Å². The summed E-state index contributed by atoms with van der Waals surface area (Å²) in [6, 6.07) is 10.2. The largest absolute Gasteiger partial charge is 0.355 e. The van der Waals surface area contributed by atoms with Crippen LogP contribution in [-0.4, -0.2) is 45.3 Å². The summed E-state index contributed by atoms with van der Waals surface area (Å²) in [7, 11) is 0. The molecule has 28 heavy (non-hydrogen) atoms. The van der Waals surface area contributed by atoms with Gasteiger partial charge < -0.3 is 9.80 Å². The second-order valence-corrected chi connectivity index (χ2v) is 7.51. The van der Waals surface area contributed by atoms with Crippen LogP contribution in [0.5, 0.6) is 0 Å². The van der Waals surface area contributed by atoms with Crippen molar-refractivity contribution in [2.45, 2.75) is 19.8 Å². The Morgan fingerprint density at radius 1 is 1.14 bits per heavy atom. The summed E-state index contributed by atoms with van der Waals surface area (Å²) in [5.41, 5.74) is 3.62. The zero-order valence-electron chi connectivity index (χ0n) is 15.8. The number of fused-ring (bicyclic) bond motifs is 1. The maximum absolute atomic E-state index is 13.1. The molecule has 0 spiro atoms. The van der Waals surface area contributed by atoms with Gasteiger partial charge in [0.2, 0.25) is 5.91 Å². The predicted molar refractivity (Wildman–Crippen MR) is 107 cm³/mol. The number of rotatable bonds is 3. The van der Waals surface area contributed by atoms with Crippen LogP contribution in [0.1, 0.15) is 17.5 Å². The highest BCUT2D eigenvalue weighted by atomic mass is 16.2. The highest BCUT2D eigenvalue weighted by Gasteiger charge is 2.37. The number of aryl methyl sites for hydroxylation is 2. The van der Waals surface area contributed by atoms with Crippen molar-refractivity contribution in [2.24, 2.45) is 5.92 Å². The van der Waals surface area contributed by atoms with E-state index >= 15 is 0 Å². The standard InChI is InChI=1S/C21H22N6O/c1-15-5-6-18-16(10-15)4-2-8-26(18)21(28)17-12-25(13-17)19-11-20(23-14-22-19)27-9-3-7-24-27/h3,5-7,9-11,14,17H,2,4,8,12-13H2,1H3. The van der Waals surface area contributed by atoms with Crippen LogP contribution >= 0.6 is 0 Å². The fraction of sp³-hybridized carbons (Fsp3) is 0.333. The smallest absolute Gasteiger partial charge is 0.233 e. The van der Waals surface area contributed by atoms with E-state index in [2.05, 4.69) is 45.1 Å². The molecule has 0 unspecified atom stereocenters. The summed E-state index contributed by atoms with van der Waals surface area (Å²) in [4.78, 5) is 25.9. The first-order valence-corrected chi connectivity index (χ1v) is 9.67. The molecule has 0 radical (unpaired) electrons. The van der Waals surface area contributed by atoms with E-state index in [0.717, 1.165) is 36.7 Å². The average molecular weight is 374 g/mol. The average Bonchev–Trinajstić information content (AvgIpc) is 3.21. The molecule has 1 amide bonds. The third-order valence-electron chi connectivity index (χ3n) is 5.55. The SMILES string of the molecule is Cc1ccc2c(c1)CCCN2C(=O)C1CN(c2cc(-n3cccn3)ncn2)C1. The van der Waals surface area contributed by atoms with Gasteiger partial charge in [-0.05, 0) is 37.5 Å². The monoisotopic (exact) mass is 374 g/mol. The van der Waals surface area contributed by atoms with Gasteiger partial charge in [-0.25, -0.2) is 14.6 Å². The molecule has 7 heteroatoms. The lowest BCUT2D eigenvalue weighted by Crippen LogP contribution is -2.55. The molecule has 3 aromatic rings. The highest BCUT2D eigenvalue weighted by Crippen LogP contribution is 2.32.